The van der Waals surface area contributed by atoms with Crippen LogP contribution in [0.4, 0.5) is 5.69 Å². The molecule has 15 heavy (non-hydrogen) atoms. The Morgan fingerprint density at radius 2 is 2.07 bits per heavy atom. The van der Waals surface area contributed by atoms with Crippen molar-refractivity contribution >= 4 is 5.69 Å². The van der Waals surface area contributed by atoms with Crippen molar-refractivity contribution in [3.05, 3.63) is 29.3 Å². The zero-order valence-electron chi connectivity index (χ0n) is 9.51. The fourth-order valence-electron chi connectivity index (χ4n) is 1.56. The van der Waals surface area contributed by atoms with Crippen molar-refractivity contribution in [2.24, 2.45) is 0 Å². The highest BCUT2D eigenvalue weighted by atomic mass is 14.9. The van der Waals surface area contributed by atoms with Crippen LogP contribution in [0.5, 0.6) is 0 Å². The lowest BCUT2D eigenvalue weighted by molar-refractivity contribution is 0.784. The number of unbranched alkanes of at least 4 members (excludes halogenated alkanes) is 2. The summed E-state index contributed by atoms with van der Waals surface area (Å²) in [5, 5.41) is 11.8. The average molecular weight is 202 g/mol. The van der Waals surface area contributed by atoms with Crippen LogP contribution in [0.25, 0.3) is 0 Å². The van der Waals surface area contributed by atoms with Crippen LogP contribution < -0.4 is 5.32 Å². The van der Waals surface area contributed by atoms with E-state index in [0.29, 0.717) is 6.42 Å². The molecule has 2 heteroatoms. The number of nitriles is 1. The molecule has 0 saturated heterocycles. The van der Waals surface area contributed by atoms with E-state index in [4.69, 9.17) is 5.26 Å². The van der Waals surface area contributed by atoms with Crippen molar-refractivity contribution in [2.45, 2.75) is 33.1 Å². The van der Waals surface area contributed by atoms with E-state index in [9.17, 15) is 0 Å². The lowest BCUT2D eigenvalue weighted by Gasteiger charge is -2.09. The number of nitrogens with one attached hydrogen (secondary N) is 1. The van der Waals surface area contributed by atoms with Crippen LogP contribution in [0, 0.1) is 25.2 Å². The van der Waals surface area contributed by atoms with E-state index in [2.05, 4.69) is 43.4 Å². The van der Waals surface area contributed by atoms with Gasteiger partial charge < -0.3 is 5.32 Å². The average Bonchev–Trinajstić information content (AvgIpc) is 2.20. The van der Waals surface area contributed by atoms with Gasteiger partial charge in [0.25, 0.3) is 0 Å². The van der Waals surface area contributed by atoms with Gasteiger partial charge in [-0.15, -0.1) is 0 Å². The van der Waals surface area contributed by atoms with Gasteiger partial charge in [-0.3, -0.25) is 0 Å². The fourth-order valence-corrected chi connectivity index (χ4v) is 1.56. The maximum absolute atomic E-state index is 8.39. The molecule has 0 bridgehead atoms. The van der Waals surface area contributed by atoms with E-state index < -0.39 is 0 Å². The number of hydrogen-bond acceptors (Lipinski definition) is 2. The lowest BCUT2D eigenvalue weighted by Crippen LogP contribution is -2.02. The van der Waals surface area contributed by atoms with Gasteiger partial charge in [-0.2, -0.15) is 5.26 Å². The molecule has 0 aliphatic rings. The Balaban J connectivity index is 2.35. The highest BCUT2D eigenvalue weighted by Crippen LogP contribution is 2.15. The monoisotopic (exact) mass is 202 g/mol. The van der Waals surface area contributed by atoms with Gasteiger partial charge in [0.05, 0.1) is 6.07 Å². The van der Waals surface area contributed by atoms with E-state index in [1.54, 1.807) is 0 Å². The topological polar surface area (TPSA) is 35.8 Å². The third kappa shape index (κ3) is 4.03. The van der Waals surface area contributed by atoms with Gasteiger partial charge in [0, 0.05) is 18.7 Å². The van der Waals surface area contributed by atoms with E-state index in [-0.39, 0.29) is 0 Å². The Hall–Kier alpha value is -1.49. The van der Waals surface area contributed by atoms with Gasteiger partial charge in [-0.1, -0.05) is 17.7 Å². The zero-order chi connectivity index (χ0) is 11.1. The summed E-state index contributed by atoms with van der Waals surface area (Å²) in [6, 6.07) is 8.57. The molecule has 0 fully saturated rings. The molecule has 0 aliphatic carbocycles. The maximum atomic E-state index is 8.39. The van der Waals surface area contributed by atoms with Gasteiger partial charge in [0.15, 0.2) is 0 Å². The molecule has 1 aromatic rings. The molecule has 0 aliphatic heterocycles. The summed E-state index contributed by atoms with van der Waals surface area (Å²) in [5.41, 5.74) is 3.79. The molecular weight excluding hydrogens is 184 g/mol. The van der Waals surface area contributed by atoms with Crippen molar-refractivity contribution in [3.63, 3.8) is 0 Å². The minimum Gasteiger partial charge on any atom is -0.385 e. The van der Waals surface area contributed by atoms with Crippen LogP contribution in [0.1, 0.15) is 30.4 Å². The quantitative estimate of drug-likeness (QED) is 0.743. The predicted octanol–water partition coefficient (Wildman–Crippen LogP) is 3.41. The van der Waals surface area contributed by atoms with Gasteiger partial charge in [0.2, 0.25) is 0 Å². The van der Waals surface area contributed by atoms with E-state index in [0.717, 1.165) is 19.4 Å². The number of hydrogen-bond donors (Lipinski definition) is 1. The SMILES string of the molecule is Cc1ccc(NCCCCC#N)c(C)c1. The normalized spacial score (nSPS) is 9.67. The Bertz CT molecular complexity index is 350. The molecule has 0 radical (unpaired) electrons. The van der Waals surface area contributed by atoms with Crippen LogP contribution in [-0.4, -0.2) is 6.54 Å². The highest BCUT2D eigenvalue weighted by Gasteiger charge is 1.96. The Morgan fingerprint density at radius 3 is 2.73 bits per heavy atom. The molecule has 1 aromatic carbocycles. The van der Waals surface area contributed by atoms with Gasteiger partial charge in [-0.25, -0.2) is 0 Å². The van der Waals surface area contributed by atoms with Crippen LogP contribution in [0.15, 0.2) is 18.2 Å². The molecule has 0 heterocycles. The molecule has 80 valence electrons. The Morgan fingerprint density at radius 1 is 1.27 bits per heavy atom. The molecule has 1 N–H and O–H groups in total. The van der Waals surface area contributed by atoms with Crippen molar-refractivity contribution in [3.8, 4) is 6.07 Å². The maximum Gasteiger partial charge on any atom is 0.0621 e. The van der Waals surface area contributed by atoms with Crippen molar-refractivity contribution in [1.29, 1.82) is 5.26 Å². The van der Waals surface area contributed by atoms with Crippen molar-refractivity contribution in [1.82, 2.24) is 0 Å². The molecule has 0 unspecified atom stereocenters. The molecule has 0 atom stereocenters. The number of rotatable bonds is 5. The van der Waals surface area contributed by atoms with Crippen LogP contribution in [0.2, 0.25) is 0 Å². The van der Waals surface area contributed by atoms with Gasteiger partial charge in [-0.05, 0) is 38.3 Å². The number of nitrogens with zero attached hydrogens (tertiary/aromatic N) is 1. The Labute approximate surface area is 91.9 Å². The van der Waals surface area contributed by atoms with Gasteiger partial charge in [0.1, 0.15) is 0 Å². The number of anilines is 1. The minimum absolute atomic E-state index is 0.661. The highest BCUT2D eigenvalue weighted by molar-refractivity contribution is 5.51. The second-order valence-electron chi connectivity index (χ2n) is 3.86. The number of aryl methyl sites for hydroxylation is 2. The van der Waals surface area contributed by atoms with Crippen LogP contribution >= 0.6 is 0 Å². The first-order chi connectivity index (χ1) is 7.24. The zero-order valence-corrected chi connectivity index (χ0v) is 9.51. The largest absolute Gasteiger partial charge is 0.385 e. The number of benzene rings is 1. The summed E-state index contributed by atoms with van der Waals surface area (Å²) in [6.07, 6.45) is 2.70. The smallest absolute Gasteiger partial charge is 0.0621 e. The van der Waals surface area contributed by atoms with Crippen LogP contribution in [0.3, 0.4) is 0 Å². The van der Waals surface area contributed by atoms with E-state index in [1.807, 2.05) is 0 Å². The molecular formula is C13H18N2. The molecule has 0 saturated carbocycles. The molecule has 1 rings (SSSR count). The third-order valence-electron chi connectivity index (χ3n) is 2.41. The van der Waals surface area contributed by atoms with Gasteiger partial charge >= 0.3 is 0 Å². The summed E-state index contributed by atoms with van der Waals surface area (Å²) >= 11 is 0. The van der Waals surface area contributed by atoms with Crippen molar-refractivity contribution < 1.29 is 0 Å². The summed E-state index contributed by atoms with van der Waals surface area (Å²) in [7, 11) is 0. The Kier molecular flexibility index (Phi) is 4.70. The molecule has 2 nitrogen and oxygen atoms in total. The van der Waals surface area contributed by atoms with Crippen molar-refractivity contribution in [2.75, 3.05) is 11.9 Å². The third-order valence-corrected chi connectivity index (χ3v) is 2.41. The summed E-state index contributed by atoms with van der Waals surface area (Å²) in [5.74, 6) is 0. The summed E-state index contributed by atoms with van der Waals surface area (Å²) in [6.45, 7) is 5.17. The first kappa shape index (κ1) is 11.6. The summed E-state index contributed by atoms with van der Waals surface area (Å²) in [4.78, 5) is 0. The lowest BCUT2D eigenvalue weighted by atomic mass is 10.1. The second kappa shape index (κ2) is 6.08. The van der Waals surface area contributed by atoms with E-state index in [1.165, 1.54) is 16.8 Å². The predicted molar refractivity (Wildman–Crippen MR) is 63.9 cm³/mol. The first-order valence-electron chi connectivity index (χ1n) is 5.42. The standard InChI is InChI=1S/C13H18N2/c1-11-6-7-13(12(2)10-11)15-9-5-3-4-8-14/h6-7,10,15H,3-5,9H2,1-2H3. The summed E-state index contributed by atoms with van der Waals surface area (Å²) < 4.78 is 0. The molecule has 0 aromatic heterocycles. The fraction of sp³-hybridized carbons (Fsp3) is 0.462. The molecule has 0 amide bonds. The first-order valence-corrected chi connectivity index (χ1v) is 5.42. The second-order valence-corrected chi connectivity index (χ2v) is 3.86. The van der Waals surface area contributed by atoms with E-state index >= 15 is 0 Å². The molecule has 0 spiro atoms. The van der Waals surface area contributed by atoms with Crippen LogP contribution in [-0.2, 0) is 0 Å². The minimum atomic E-state index is 0.661.